The van der Waals surface area contributed by atoms with E-state index in [1.54, 1.807) is 0 Å². The van der Waals surface area contributed by atoms with Gasteiger partial charge in [0.2, 0.25) is 0 Å². The lowest BCUT2D eigenvalue weighted by molar-refractivity contribution is 0.0204. The molecule has 0 atom stereocenters. The predicted octanol–water partition coefficient (Wildman–Crippen LogP) is 7.91. The van der Waals surface area contributed by atoms with E-state index in [9.17, 15) is 4.79 Å². The van der Waals surface area contributed by atoms with Crippen molar-refractivity contribution >= 4 is 17.7 Å². The van der Waals surface area contributed by atoms with Gasteiger partial charge in [-0.15, -0.1) is 0 Å². The summed E-state index contributed by atoms with van der Waals surface area (Å²) in [6.07, 6.45) is 3.73. The second kappa shape index (κ2) is 11.4. The van der Waals surface area contributed by atoms with Crippen LogP contribution in [0.2, 0.25) is 5.02 Å². The van der Waals surface area contributed by atoms with Crippen LogP contribution in [0.3, 0.4) is 0 Å². The van der Waals surface area contributed by atoms with Crippen LogP contribution in [0.25, 0.3) is 11.3 Å². The lowest BCUT2D eigenvalue weighted by Gasteiger charge is -2.32. The van der Waals surface area contributed by atoms with E-state index in [-0.39, 0.29) is 6.09 Å². The minimum atomic E-state index is -0.476. The van der Waals surface area contributed by atoms with Crippen molar-refractivity contribution in [3.63, 3.8) is 0 Å². The molecular weight excluding hydrogens is 474 g/mol. The van der Waals surface area contributed by atoms with Gasteiger partial charge in [-0.1, -0.05) is 24.9 Å². The van der Waals surface area contributed by atoms with Crippen LogP contribution >= 0.6 is 11.6 Å². The van der Waals surface area contributed by atoms with E-state index >= 15 is 0 Å². The van der Waals surface area contributed by atoms with E-state index in [2.05, 4.69) is 29.8 Å². The fraction of sp³-hybridized carbons (Fsp3) is 0.448. The molecule has 0 aliphatic carbocycles. The van der Waals surface area contributed by atoms with E-state index in [1.807, 2.05) is 62.1 Å². The molecule has 7 heteroatoms. The summed E-state index contributed by atoms with van der Waals surface area (Å²) in [5, 5.41) is 5.70. The summed E-state index contributed by atoms with van der Waals surface area (Å²) in [6.45, 7) is 10.2. The molecule has 0 N–H and O–H groups in total. The first-order chi connectivity index (χ1) is 17.2. The quantitative estimate of drug-likeness (QED) is 0.324. The predicted molar refractivity (Wildman–Crippen MR) is 144 cm³/mol. The third kappa shape index (κ3) is 6.82. The molecule has 1 aliphatic heterocycles. The number of unbranched alkanes of at least 4 members (excludes halogenated alkanes) is 1. The Balaban J connectivity index is 1.46. The molecule has 1 saturated heterocycles. The molecule has 1 fully saturated rings. The molecule has 36 heavy (non-hydrogen) atoms. The van der Waals surface area contributed by atoms with Crippen LogP contribution in [0.4, 0.5) is 4.79 Å². The first-order valence-corrected chi connectivity index (χ1v) is 13.2. The Morgan fingerprint density at radius 3 is 2.22 bits per heavy atom. The highest BCUT2D eigenvalue weighted by atomic mass is 35.5. The highest BCUT2D eigenvalue weighted by Gasteiger charge is 2.29. The molecule has 1 amide bonds. The van der Waals surface area contributed by atoms with E-state index in [0.717, 1.165) is 60.7 Å². The van der Waals surface area contributed by atoms with E-state index in [1.165, 1.54) is 0 Å². The topological polar surface area (TPSA) is 56.6 Å². The van der Waals surface area contributed by atoms with Crippen molar-refractivity contribution in [1.29, 1.82) is 0 Å². The summed E-state index contributed by atoms with van der Waals surface area (Å²) in [5.74, 6) is 1.86. The maximum atomic E-state index is 12.4. The SMILES string of the molecule is CCCCn1nc(C2CCN(C(=O)OC(C)(C)C)CC2)cc1-c1ccc(Oc2ccc(Cl)cc2)cc1. The number of hydrogen-bond acceptors (Lipinski definition) is 4. The second-order valence-electron chi connectivity index (χ2n) is 10.4. The zero-order valence-corrected chi connectivity index (χ0v) is 22.4. The van der Waals surface area contributed by atoms with Crippen molar-refractivity contribution in [3.05, 3.63) is 65.3 Å². The van der Waals surface area contributed by atoms with Crippen molar-refractivity contribution in [2.24, 2.45) is 0 Å². The van der Waals surface area contributed by atoms with Crippen LogP contribution in [-0.4, -0.2) is 39.5 Å². The number of hydrogen-bond donors (Lipinski definition) is 0. The van der Waals surface area contributed by atoms with Crippen molar-refractivity contribution in [3.8, 4) is 22.8 Å². The second-order valence-corrected chi connectivity index (χ2v) is 10.8. The molecule has 3 aromatic rings. The zero-order valence-electron chi connectivity index (χ0n) is 21.7. The van der Waals surface area contributed by atoms with Gasteiger partial charge in [-0.05, 0) is 94.6 Å². The first kappa shape index (κ1) is 26.1. The van der Waals surface area contributed by atoms with Gasteiger partial charge < -0.3 is 14.4 Å². The fourth-order valence-corrected chi connectivity index (χ4v) is 4.49. The van der Waals surface area contributed by atoms with Crippen LogP contribution in [0, 0.1) is 0 Å². The van der Waals surface area contributed by atoms with E-state index < -0.39 is 5.60 Å². The number of ether oxygens (including phenoxy) is 2. The molecule has 1 aromatic heterocycles. The van der Waals surface area contributed by atoms with Crippen LogP contribution in [-0.2, 0) is 11.3 Å². The number of aromatic nitrogens is 2. The molecule has 1 aliphatic rings. The lowest BCUT2D eigenvalue weighted by Crippen LogP contribution is -2.41. The van der Waals surface area contributed by atoms with Gasteiger partial charge in [-0.25, -0.2) is 4.79 Å². The first-order valence-electron chi connectivity index (χ1n) is 12.8. The van der Waals surface area contributed by atoms with Gasteiger partial charge in [-0.2, -0.15) is 5.10 Å². The Bertz CT molecular complexity index is 1140. The van der Waals surface area contributed by atoms with Crippen molar-refractivity contribution in [2.45, 2.75) is 71.4 Å². The zero-order chi connectivity index (χ0) is 25.7. The number of piperidine rings is 1. The summed E-state index contributed by atoms with van der Waals surface area (Å²) in [4.78, 5) is 14.3. The average molecular weight is 510 g/mol. The van der Waals surface area contributed by atoms with Crippen LogP contribution < -0.4 is 4.74 Å². The Kier molecular flexibility index (Phi) is 8.24. The third-order valence-corrected chi connectivity index (χ3v) is 6.54. The molecule has 0 bridgehead atoms. The summed E-state index contributed by atoms with van der Waals surface area (Å²) in [6, 6.07) is 17.7. The molecule has 0 radical (unpaired) electrons. The van der Waals surface area contributed by atoms with Crippen LogP contribution in [0.5, 0.6) is 11.5 Å². The smallest absolute Gasteiger partial charge is 0.410 e. The number of nitrogens with zero attached hydrogens (tertiary/aromatic N) is 3. The molecule has 6 nitrogen and oxygen atoms in total. The van der Waals surface area contributed by atoms with Gasteiger partial charge in [0.15, 0.2) is 0 Å². The minimum absolute atomic E-state index is 0.226. The minimum Gasteiger partial charge on any atom is -0.457 e. The number of carbonyl (C=O) groups is 1. The Morgan fingerprint density at radius 2 is 1.64 bits per heavy atom. The summed E-state index contributed by atoms with van der Waals surface area (Å²) < 4.78 is 13.6. The largest absolute Gasteiger partial charge is 0.457 e. The molecule has 0 spiro atoms. The van der Waals surface area contributed by atoms with Crippen molar-refractivity contribution in [1.82, 2.24) is 14.7 Å². The van der Waals surface area contributed by atoms with Crippen LogP contribution in [0.1, 0.15) is 65.0 Å². The average Bonchev–Trinajstić information content (AvgIpc) is 3.28. The molecule has 2 heterocycles. The van der Waals surface area contributed by atoms with Crippen LogP contribution in [0.15, 0.2) is 54.6 Å². The maximum Gasteiger partial charge on any atom is 0.410 e. The molecular formula is C29H36ClN3O3. The number of amides is 1. The number of rotatable bonds is 7. The Labute approximate surface area is 219 Å². The van der Waals surface area contributed by atoms with Gasteiger partial charge in [0, 0.05) is 36.1 Å². The summed E-state index contributed by atoms with van der Waals surface area (Å²) in [5.41, 5.74) is 2.85. The van der Waals surface area contributed by atoms with E-state index in [4.69, 9.17) is 26.2 Å². The number of halogens is 1. The molecule has 0 saturated carbocycles. The number of aryl methyl sites for hydroxylation is 1. The van der Waals surface area contributed by atoms with Gasteiger partial charge in [-0.3, -0.25) is 4.68 Å². The highest BCUT2D eigenvalue weighted by Crippen LogP contribution is 2.33. The normalized spacial score (nSPS) is 14.6. The van der Waals surface area contributed by atoms with Gasteiger partial charge >= 0.3 is 6.09 Å². The van der Waals surface area contributed by atoms with Crippen molar-refractivity contribution < 1.29 is 14.3 Å². The molecule has 0 unspecified atom stereocenters. The maximum absolute atomic E-state index is 12.4. The third-order valence-electron chi connectivity index (χ3n) is 6.29. The number of likely N-dealkylation sites (tertiary alicyclic amines) is 1. The Morgan fingerprint density at radius 1 is 1.03 bits per heavy atom. The Hall–Kier alpha value is -2.99. The van der Waals surface area contributed by atoms with Gasteiger partial charge in [0.25, 0.3) is 0 Å². The number of carbonyl (C=O) groups excluding carboxylic acids is 1. The highest BCUT2D eigenvalue weighted by molar-refractivity contribution is 6.30. The standard InChI is InChI=1S/C29H36ClN3O3/c1-5-6-17-33-27(22-7-11-24(12-8-22)35-25-13-9-23(30)10-14-25)20-26(31-33)21-15-18-32(19-16-21)28(34)36-29(2,3)4/h7-14,20-21H,5-6,15-19H2,1-4H3. The lowest BCUT2D eigenvalue weighted by atomic mass is 9.93. The molecule has 192 valence electrons. The molecule has 2 aromatic carbocycles. The summed E-state index contributed by atoms with van der Waals surface area (Å²) in [7, 11) is 0. The molecule has 4 rings (SSSR count). The van der Waals surface area contributed by atoms with Gasteiger partial charge in [0.1, 0.15) is 17.1 Å². The van der Waals surface area contributed by atoms with Gasteiger partial charge in [0.05, 0.1) is 11.4 Å². The van der Waals surface area contributed by atoms with Crippen molar-refractivity contribution in [2.75, 3.05) is 13.1 Å². The monoisotopic (exact) mass is 509 g/mol. The van der Waals surface area contributed by atoms with E-state index in [0.29, 0.717) is 24.0 Å². The number of benzene rings is 2. The summed E-state index contributed by atoms with van der Waals surface area (Å²) >= 11 is 5.97. The fourth-order valence-electron chi connectivity index (χ4n) is 4.36.